The molecule has 0 bridgehead atoms. The van der Waals surface area contributed by atoms with Crippen molar-refractivity contribution >= 4 is 12.0 Å². The van der Waals surface area contributed by atoms with Crippen molar-refractivity contribution in [3.05, 3.63) is 29.9 Å². The maximum Gasteiger partial charge on any atom is 0.357 e. The molecular formula is C14H16N4O4. The second-order valence-corrected chi connectivity index (χ2v) is 5.11. The summed E-state index contributed by atoms with van der Waals surface area (Å²) in [4.78, 5) is 25.0. The molecule has 22 heavy (non-hydrogen) atoms. The summed E-state index contributed by atoms with van der Waals surface area (Å²) in [5.41, 5.74) is 0.782. The van der Waals surface area contributed by atoms with E-state index in [1.165, 1.54) is 0 Å². The first-order valence-corrected chi connectivity index (χ1v) is 7.02. The maximum absolute atomic E-state index is 10.8. The van der Waals surface area contributed by atoms with Crippen LogP contribution in [0.3, 0.4) is 0 Å². The first-order chi connectivity index (χ1) is 10.6. The molecule has 0 aliphatic carbocycles. The van der Waals surface area contributed by atoms with Gasteiger partial charge in [0.25, 0.3) is 6.01 Å². The number of hydrogen-bond acceptors (Lipinski definition) is 7. The van der Waals surface area contributed by atoms with Crippen LogP contribution in [0, 0.1) is 6.92 Å². The van der Waals surface area contributed by atoms with E-state index >= 15 is 0 Å². The third-order valence-corrected chi connectivity index (χ3v) is 3.47. The van der Waals surface area contributed by atoms with Crippen molar-refractivity contribution in [3.63, 3.8) is 0 Å². The van der Waals surface area contributed by atoms with Gasteiger partial charge in [-0.1, -0.05) is 0 Å². The second-order valence-electron chi connectivity index (χ2n) is 5.11. The average Bonchev–Trinajstić information content (AvgIpc) is 2.98. The Morgan fingerprint density at radius 3 is 2.82 bits per heavy atom. The molecule has 0 amide bonds. The van der Waals surface area contributed by atoms with Crippen LogP contribution in [-0.4, -0.2) is 45.2 Å². The van der Waals surface area contributed by atoms with E-state index in [-0.39, 0.29) is 11.8 Å². The highest BCUT2D eigenvalue weighted by molar-refractivity contribution is 5.85. The van der Waals surface area contributed by atoms with Crippen molar-refractivity contribution in [2.24, 2.45) is 0 Å². The lowest BCUT2D eigenvalue weighted by Gasteiger charge is -2.30. The molecule has 0 radical (unpaired) electrons. The summed E-state index contributed by atoms with van der Waals surface area (Å²) in [6.45, 7) is 3.24. The zero-order valence-corrected chi connectivity index (χ0v) is 12.1. The van der Waals surface area contributed by atoms with E-state index in [9.17, 15) is 4.79 Å². The lowest BCUT2D eigenvalue weighted by Crippen LogP contribution is -2.38. The van der Waals surface area contributed by atoms with Gasteiger partial charge in [-0.3, -0.25) is 0 Å². The van der Waals surface area contributed by atoms with Gasteiger partial charge in [-0.05, 0) is 13.0 Å². The fourth-order valence-corrected chi connectivity index (χ4v) is 2.30. The van der Waals surface area contributed by atoms with Gasteiger partial charge in [-0.2, -0.15) is 4.98 Å². The third-order valence-electron chi connectivity index (χ3n) is 3.47. The van der Waals surface area contributed by atoms with Gasteiger partial charge in [0.2, 0.25) is 0 Å². The van der Waals surface area contributed by atoms with Crippen LogP contribution in [0.2, 0.25) is 0 Å². The van der Waals surface area contributed by atoms with E-state index in [4.69, 9.17) is 14.3 Å². The van der Waals surface area contributed by atoms with E-state index in [2.05, 4.69) is 15.0 Å². The Morgan fingerprint density at radius 1 is 1.41 bits per heavy atom. The fraction of sp³-hybridized carbons (Fsp3) is 0.429. The number of carboxylic acids is 1. The molecule has 0 spiro atoms. The molecule has 0 aromatic carbocycles. The van der Waals surface area contributed by atoms with Gasteiger partial charge in [0.1, 0.15) is 12.4 Å². The van der Waals surface area contributed by atoms with Crippen molar-refractivity contribution in [3.8, 4) is 6.01 Å². The number of carbonyl (C=O) groups is 1. The molecule has 1 N–H and O–H groups in total. The van der Waals surface area contributed by atoms with E-state index in [0.29, 0.717) is 25.1 Å². The predicted octanol–water partition coefficient (Wildman–Crippen LogP) is 1.52. The quantitative estimate of drug-likeness (QED) is 0.907. The number of oxazole rings is 1. The topological polar surface area (TPSA) is 102 Å². The number of carboxylic acid groups (broad SMARTS) is 1. The summed E-state index contributed by atoms with van der Waals surface area (Å²) in [5, 5.41) is 8.85. The standard InChI is InChI=1S/C14H16N4O4/c1-9-2-5-15-13(16-9)22-10-3-6-18(7-4-10)14-17-11(8-21-14)12(19)20/h2,5,8,10H,3-4,6-7H2,1H3,(H,19,20). The maximum atomic E-state index is 10.8. The van der Waals surface area contributed by atoms with E-state index in [0.717, 1.165) is 24.8 Å². The fourth-order valence-electron chi connectivity index (χ4n) is 2.30. The Hall–Kier alpha value is -2.64. The van der Waals surface area contributed by atoms with E-state index in [1.54, 1.807) is 6.20 Å². The average molecular weight is 304 g/mol. The number of aryl methyl sites for hydroxylation is 1. The van der Waals surface area contributed by atoms with Crippen LogP contribution in [0.4, 0.5) is 6.01 Å². The molecule has 1 fully saturated rings. The Labute approximate surface area is 126 Å². The Bertz CT molecular complexity index is 664. The van der Waals surface area contributed by atoms with Crippen molar-refractivity contribution in [2.75, 3.05) is 18.0 Å². The lowest BCUT2D eigenvalue weighted by molar-refractivity contribution is 0.0690. The van der Waals surface area contributed by atoms with Crippen LogP contribution in [-0.2, 0) is 0 Å². The van der Waals surface area contributed by atoms with Gasteiger partial charge >= 0.3 is 12.0 Å². The molecule has 2 aromatic rings. The summed E-state index contributed by atoms with van der Waals surface area (Å²) in [5.74, 6) is -1.09. The minimum atomic E-state index is -1.09. The number of hydrogen-bond donors (Lipinski definition) is 1. The van der Waals surface area contributed by atoms with Crippen LogP contribution in [0.1, 0.15) is 29.0 Å². The highest BCUT2D eigenvalue weighted by atomic mass is 16.5. The smallest absolute Gasteiger partial charge is 0.357 e. The molecule has 0 atom stereocenters. The Balaban J connectivity index is 1.56. The van der Waals surface area contributed by atoms with Gasteiger partial charge in [0.05, 0.1) is 0 Å². The number of piperidine rings is 1. The number of nitrogens with zero attached hydrogens (tertiary/aromatic N) is 4. The lowest BCUT2D eigenvalue weighted by atomic mass is 10.1. The molecule has 116 valence electrons. The Kier molecular flexibility index (Phi) is 3.90. The SMILES string of the molecule is Cc1ccnc(OC2CCN(c3nc(C(=O)O)co3)CC2)n1. The molecule has 1 aliphatic heterocycles. The van der Waals surface area contributed by atoms with E-state index in [1.807, 2.05) is 17.9 Å². The van der Waals surface area contributed by atoms with Gasteiger partial charge in [-0.15, -0.1) is 0 Å². The highest BCUT2D eigenvalue weighted by Gasteiger charge is 2.25. The molecule has 1 saturated heterocycles. The minimum absolute atomic E-state index is 0.0342. The third kappa shape index (κ3) is 3.16. The summed E-state index contributed by atoms with van der Waals surface area (Å²) >= 11 is 0. The molecule has 3 rings (SSSR count). The van der Waals surface area contributed by atoms with E-state index < -0.39 is 5.97 Å². The van der Waals surface area contributed by atoms with Crippen molar-refractivity contribution < 1.29 is 19.1 Å². The number of rotatable bonds is 4. The number of anilines is 1. The summed E-state index contributed by atoms with van der Waals surface area (Å²) in [6, 6.07) is 2.54. The summed E-state index contributed by atoms with van der Waals surface area (Å²) in [7, 11) is 0. The molecule has 3 heterocycles. The van der Waals surface area contributed by atoms with Gasteiger partial charge < -0.3 is 19.2 Å². The molecule has 1 aliphatic rings. The van der Waals surface area contributed by atoms with Crippen LogP contribution >= 0.6 is 0 Å². The highest BCUT2D eigenvalue weighted by Crippen LogP contribution is 2.21. The van der Waals surface area contributed by atoms with Gasteiger partial charge in [0.15, 0.2) is 5.69 Å². The summed E-state index contributed by atoms with van der Waals surface area (Å²) < 4.78 is 11.0. The van der Waals surface area contributed by atoms with Gasteiger partial charge in [0, 0.05) is 37.8 Å². The number of aromatic nitrogens is 3. The van der Waals surface area contributed by atoms with Gasteiger partial charge in [-0.25, -0.2) is 14.8 Å². The zero-order valence-electron chi connectivity index (χ0n) is 12.1. The predicted molar refractivity (Wildman–Crippen MR) is 76.1 cm³/mol. The second kappa shape index (κ2) is 6.00. The van der Waals surface area contributed by atoms with Crippen LogP contribution < -0.4 is 9.64 Å². The molecule has 8 nitrogen and oxygen atoms in total. The molecule has 8 heteroatoms. The van der Waals surface area contributed by atoms with Crippen LogP contribution in [0.15, 0.2) is 22.9 Å². The molecule has 0 saturated carbocycles. The van der Waals surface area contributed by atoms with Crippen molar-refractivity contribution in [1.82, 2.24) is 15.0 Å². The summed E-state index contributed by atoms with van der Waals surface area (Å²) in [6.07, 6.45) is 4.39. The first-order valence-electron chi connectivity index (χ1n) is 7.02. The van der Waals surface area contributed by atoms with Crippen molar-refractivity contribution in [2.45, 2.75) is 25.9 Å². The first kappa shape index (κ1) is 14.3. The van der Waals surface area contributed by atoms with Crippen LogP contribution in [0.25, 0.3) is 0 Å². The monoisotopic (exact) mass is 304 g/mol. The largest absolute Gasteiger partial charge is 0.476 e. The zero-order chi connectivity index (χ0) is 15.5. The number of ether oxygens (including phenoxy) is 1. The molecule has 2 aromatic heterocycles. The number of aromatic carboxylic acids is 1. The normalized spacial score (nSPS) is 15.8. The Morgan fingerprint density at radius 2 is 2.18 bits per heavy atom. The van der Waals surface area contributed by atoms with Crippen LogP contribution in [0.5, 0.6) is 6.01 Å². The molecular weight excluding hydrogens is 288 g/mol. The molecule has 0 unspecified atom stereocenters. The van der Waals surface area contributed by atoms with Crippen molar-refractivity contribution in [1.29, 1.82) is 0 Å². The minimum Gasteiger partial charge on any atom is -0.476 e.